The number of halogens is 1. The summed E-state index contributed by atoms with van der Waals surface area (Å²) >= 11 is 3.46. The van der Waals surface area contributed by atoms with E-state index in [1.165, 1.54) is 0 Å². The molecule has 1 saturated heterocycles. The van der Waals surface area contributed by atoms with Crippen LogP contribution in [-0.4, -0.2) is 43.4 Å². The molecule has 0 aromatic heterocycles. The molecule has 1 heterocycles. The number of hydrogen-bond acceptors (Lipinski definition) is 4. The molecule has 122 valence electrons. The maximum Gasteiger partial charge on any atom is 0.410 e. The van der Waals surface area contributed by atoms with E-state index in [0.29, 0.717) is 37.1 Å². The fraction of sp³-hybridized carbons (Fsp3) is 0.562. The number of carbonyl (C=O) groups is 1. The molecule has 1 aliphatic heterocycles. The minimum Gasteiger partial charge on any atom is -0.493 e. The minimum atomic E-state index is -0.457. The van der Waals surface area contributed by atoms with E-state index >= 15 is 0 Å². The van der Waals surface area contributed by atoms with Crippen LogP contribution in [0.5, 0.6) is 11.5 Å². The average Bonchev–Trinajstić information content (AvgIpc) is 2.36. The normalized spacial score (nSPS) is 15.2. The maximum atomic E-state index is 11.9. The third-order valence-corrected chi connectivity index (χ3v) is 3.85. The molecule has 6 heteroatoms. The van der Waals surface area contributed by atoms with E-state index in [0.717, 1.165) is 4.47 Å². The van der Waals surface area contributed by atoms with Gasteiger partial charge in [0.2, 0.25) is 0 Å². The van der Waals surface area contributed by atoms with Crippen molar-refractivity contribution in [3.05, 3.63) is 22.7 Å². The summed E-state index contributed by atoms with van der Waals surface area (Å²) in [6, 6.07) is 5.66. The second-order valence-electron chi connectivity index (χ2n) is 6.33. The van der Waals surface area contributed by atoms with Crippen molar-refractivity contribution < 1.29 is 19.0 Å². The van der Waals surface area contributed by atoms with E-state index in [-0.39, 0.29) is 6.09 Å². The molecule has 1 amide bonds. The topological polar surface area (TPSA) is 48.0 Å². The van der Waals surface area contributed by atoms with Crippen molar-refractivity contribution >= 4 is 22.0 Å². The Kier molecular flexibility index (Phi) is 5.21. The van der Waals surface area contributed by atoms with Gasteiger partial charge in [-0.2, -0.15) is 0 Å². The monoisotopic (exact) mass is 371 g/mol. The Morgan fingerprint density at radius 1 is 1.36 bits per heavy atom. The van der Waals surface area contributed by atoms with E-state index in [1.807, 2.05) is 39.0 Å². The van der Waals surface area contributed by atoms with Crippen molar-refractivity contribution in [1.29, 1.82) is 0 Å². The highest BCUT2D eigenvalue weighted by atomic mass is 79.9. The molecule has 0 saturated carbocycles. The lowest BCUT2D eigenvalue weighted by atomic mass is 10.0. The minimum absolute atomic E-state index is 0.262. The van der Waals surface area contributed by atoms with Crippen LogP contribution in [0, 0.1) is 5.92 Å². The van der Waals surface area contributed by atoms with Crippen LogP contribution in [0.3, 0.4) is 0 Å². The highest BCUT2D eigenvalue weighted by Gasteiger charge is 2.34. The molecule has 0 spiro atoms. The standard InChI is InChI=1S/C16H22BrNO4/c1-16(2,3)22-15(19)18-8-11(9-18)10-21-14-12(17)6-5-7-13(14)20-4/h5-7,11H,8-10H2,1-4H3. The quantitative estimate of drug-likeness (QED) is 0.809. The van der Waals surface area contributed by atoms with Crippen molar-refractivity contribution in [2.45, 2.75) is 26.4 Å². The van der Waals surface area contributed by atoms with Crippen LogP contribution in [0.4, 0.5) is 4.79 Å². The molecule has 0 aliphatic carbocycles. The molecule has 1 aromatic rings. The van der Waals surface area contributed by atoms with Gasteiger partial charge in [-0.25, -0.2) is 4.79 Å². The summed E-state index contributed by atoms with van der Waals surface area (Å²) in [5.74, 6) is 1.70. The lowest BCUT2D eigenvalue weighted by Gasteiger charge is -2.39. The van der Waals surface area contributed by atoms with Gasteiger partial charge in [0.25, 0.3) is 0 Å². The zero-order valence-corrected chi connectivity index (χ0v) is 15.0. The molecule has 2 rings (SSSR count). The van der Waals surface area contributed by atoms with Crippen LogP contribution in [0.2, 0.25) is 0 Å². The zero-order chi connectivity index (χ0) is 16.3. The fourth-order valence-corrected chi connectivity index (χ4v) is 2.60. The van der Waals surface area contributed by atoms with Crippen molar-refractivity contribution in [3.8, 4) is 11.5 Å². The van der Waals surface area contributed by atoms with Crippen molar-refractivity contribution in [2.75, 3.05) is 26.8 Å². The second kappa shape index (κ2) is 6.77. The van der Waals surface area contributed by atoms with Gasteiger partial charge < -0.3 is 19.1 Å². The summed E-state index contributed by atoms with van der Waals surface area (Å²) in [6.07, 6.45) is -0.262. The molecule has 5 nitrogen and oxygen atoms in total. The van der Waals surface area contributed by atoms with Gasteiger partial charge in [-0.05, 0) is 48.8 Å². The van der Waals surface area contributed by atoms with E-state index in [1.54, 1.807) is 12.0 Å². The molecule has 0 atom stereocenters. The second-order valence-corrected chi connectivity index (χ2v) is 7.19. The largest absolute Gasteiger partial charge is 0.493 e. The first-order chi connectivity index (χ1) is 10.3. The predicted octanol–water partition coefficient (Wildman–Crippen LogP) is 3.70. The van der Waals surface area contributed by atoms with E-state index in [2.05, 4.69) is 15.9 Å². The maximum absolute atomic E-state index is 11.9. The molecule has 1 fully saturated rings. The van der Waals surface area contributed by atoms with E-state index in [9.17, 15) is 4.79 Å². The molecule has 0 bridgehead atoms. The molecule has 22 heavy (non-hydrogen) atoms. The van der Waals surface area contributed by atoms with Gasteiger partial charge in [0.05, 0.1) is 18.2 Å². The number of para-hydroxylation sites is 1. The summed E-state index contributed by atoms with van der Waals surface area (Å²) in [5, 5.41) is 0. The SMILES string of the molecule is COc1cccc(Br)c1OCC1CN(C(=O)OC(C)(C)C)C1. The highest BCUT2D eigenvalue weighted by molar-refractivity contribution is 9.10. The van der Waals surface area contributed by atoms with Crippen molar-refractivity contribution in [3.63, 3.8) is 0 Å². The molecular weight excluding hydrogens is 350 g/mol. The Morgan fingerprint density at radius 3 is 2.64 bits per heavy atom. The molecule has 0 radical (unpaired) electrons. The fourth-order valence-electron chi connectivity index (χ4n) is 2.14. The van der Waals surface area contributed by atoms with Gasteiger partial charge >= 0.3 is 6.09 Å². The molecule has 0 unspecified atom stereocenters. The lowest BCUT2D eigenvalue weighted by molar-refractivity contribution is -0.00801. The first kappa shape index (κ1) is 16.9. The third kappa shape index (κ3) is 4.29. The third-order valence-electron chi connectivity index (χ3n) is 3.22. The van der Waals surface area contributed by atoms with Crippen LogP contribution in [0.25, 0.3) is 0 Å². The Balaban J connectivity index is 1.81. The number of nitrogens with zero attached hydrogens (tertiary/aromatic N) is 1. The van der Waals surface area contributed by atoms with E-state index < -0.39 is 5.60 Å². The first-order valence-electron chi connectivity index (χ1n) is 7.23. The van der Waals surface area contributed by atoms with Crippen LogP contribution < -0.4 is 9.47 Å². The van der Waals surface area contributed by atoms with Gasteiger partial charge in [-0.3, -0.25) is 0 Å². The average molecular weight is 372 g/mol. The molecule has 0 N–H and O–H groups in total. The first-order valence-corrected chi connectivity index (χ1v) is 8.02. The smallest absolute Gasteiger partial charge is 0.410 e. The lowest BCUT2D eigenvalue weighted by Crippen LogP contribution is -2.53. The van der Waals surface area contributed by atoms with Gasteiger partial charge in [-0.15, -0.1) is 0 Å². The number of ether oxygens (including phenoxy) is 3. The number of rotatable bonds is 4. The Morgan fingerprint density at radius 2 is 2.05 bits per heavy atom. The van der Waals surface area contributed by atoms with Crippen LogP contribution in [0.1, 0.15) is 20.8 Å². The predicted molar refractivity (Wildman–Crippen MR) is 87.5 cm³/mol. The van der Waals surface area contributed by atoms with Crippen molar-refractivity contribution in [1.82, 2.24) is 4.90 Å². The zero-order valence-electron chi connectivity index (χ0n) is 13.4. The summed E-state index contributed by atoms with van der Waals surface area (Å²) < 4.78 is 17.3. The number of likely N-dealkylation sites (tertiary alicyclic amines) is 1. The van der Waals surface area contributed by atoms with Gasteiger partial charge in [0, 0.05) is 19.0 Å². The Hall–Kier alpha value is -1.43. The highest BCUT2D eigenvalue weighted by Crippen LogP contribution is 2.35. The molecular formula is C16H22BrNO4. The molecule has 1 aromatic carbocycles. The van der Waals surface area contributed by atoms with E-state index in [4.69, 9.17) is 14.2 Å². The number of carbonyl (C=O) groups excluding carboxylic acids is 1. The number of amides is 1. The van der Waals surface area contributed by atoms with Crippen LogP contribution in [0.15, 0.2) is 22.7 Å². The number of methoxy groups -OCH3 is 1. The number of benzene rings is 1. The van der Waals surface area contributed by atoms with Crippen LogP contribution in [-0.2, 0) is 4.74 Å². The van der Waals surface area contributed by atoms with Gasteiger partial charge in [0.15, 0.2) is 11.5 Å². The Bertz CT molecular complexity index is 535. The van der Waals surface area contributed by atoms with Gasteiger partial charge in [-0.1, -0.05) is 6.07 Å². The summed E-state index contributed by atoms with van der Waals surface area (Å²) in [6.45, 7) is 7.45. The van der Waals surface area contributed by atoms with Crippen LogP contribution >= 0.6 is 15.9 Å². The Labute approximate surface area is 139 Å². The summed E-state index contributed by atoms with van der Waals surface area (Å²) in [5.41, 5.74) is -0.457. The summed E-state index contributed by atoms with van der Waals surface area (Å²) in [4.78, 5) is 13.5. The number of hydrogen-bond donors (Lipinski definition) is 0. The van der Waals surface area contributed by atoms with Gasteiger partial charge in [0.1, 0.15) is 5.60 Å². The summed E-state index contributed by atoms with van der Waals surface area (Å²) in [7, 11) is 1.61. The van der Waals surface area contributed by atoms with Crippen molar-refractivity contribution in [2.24, 2.45) is 5.92 Å². The molecule has 1 aliphatic rings.